The third-order valence-corrected chi connectivity index (χ3v) is 3.36. The van der Waals surface area contributed by atoms with Crippen LogP contribution in [0.1, 0.15) is 24.0 Å². The summed E-state index contributed by atoms with van der Waals surface area (Å²) in [6, 6.07) is 8.37. The summed E-state index contributed by atoms with van der Waals surface area (Å²) in [5.74, 6) is -2.84. The molecule has 0 bridgehead atoms. The summed E-state index contributed by atoms with van der Waals surface area (Å²) < 4.78 is 51.5. The minimum atomic E-state index is -4.61. The second-order valence-electron chi connectivity index (χ2n) is 4.88. The zero-order valence-electron chi connectivity index (χ0n) is 11.5. The molecule has 2 aromatic carbocycles. The lowest BCUT2D eigenvalue weighted by Crippen LogP contribution is -2.07. The Morgan fingerprint density at radius 1 is 1.14 bits per heavy atom. The smallest absolute Gasteiger partial charge is 0.416 e. The average molecular weight is 312 g/mol. The van der Waals surface area contributed by atoms with Crippen molar-refractivity contribution in [1.29, 1.82) is 0 Å². The number of alkyl halides is 3. The van der Waals surface area contributed by atoms with Crippen molar-refractivity contribution in [3.8, 4) is 11.1 Å². The SMILES string of the molecule is CC(C(=O)O)c1cccc(-c2ccc(C(F)(F)F)cc2F)c1. The van der Waals surface area contributed by atoms with Crippen LogP contribution in [0, 0.1) is 5.82 Å². The molecule has 22 heavy (non-hydrogen) atoms. The zero-order chi connectivity index (χ0) is 16.5. The van der Waals surface area contributed by atoms with E-state index in [2.05, 4.69) is 0 Å². The summed E-state index contributed by atoms with van der Waals surface area (Å²) in [5.41, 5.74) is -0.294. The van der Waals surface area contributed by atoms with Crippen molar-refractivity contribution < 1.29 is 27.5 Å². The van der Waals surface area contributed by atoms with Crippen LogP contribution in [0.5, 0.6) is 0 Å². The first-order valence-electron chi connectivity index (χ1n) is 6.40. The zero-order valence-corrected chi connectivity index (χ0v) is 11.5. The van der Waals surface area contributed by atoms with E-state index in [1.807, 2.05) is 0 Å². The van der Waals surface area contributed by atoms with E-state index in [9.17, 15) is 22.4 Å². The highest BCUT2D eigenvalue weighted by molar-refractivity contribution is 5.77. The Morgan fingerprint density at radius 3 is 2.36 bits per heavy atom. The Balaban J connectivity index is 2.45. The minimum Gasteiger partial charge on any atom is -0.481 e. The first-order chi connectivity index (χ1) is 10.2. The Bertz CT molecular complexity index is 708. The molecule has 1 unspecified atom stereocenters. The molecule has 1 atom stereocenters. The van der Waals surface area contributed by atoms with E-state index in [4.69, 9.17) is 5.11 Å². The number of carboxylic acid groups (broad SMARTS) is 1. The maximum absolute atomic E-state index is 13.9. The lowest BCUT2D eigenvalue weighted by atomic mass is 9.95. The van der Waals surface area contributed by atoms with Gasteiger partial charge in [0.05, 0.1) is 11.5 Å². The molecule has 0 aromatic heterocycles. The standard InChI is InChI=1S/C16H12F4O2/c1-9(15(21)22)10-3-2-4-11(7-10)13-6-5-12(8-14(13)17)16(18,19)20/h2-9H,1H3,(H,21,22). The third-order valence-electron chi connectivity index (χ3n) is 3.36. The van der Waals surface area contributed by atoms with Crippen molar-refractivity contribution in [3.63, 3.8) is 0 Å². The average Bonchev–Trinajstić information content (AvgIpc) is 2.45. The normalized spacial score (nSPS) is 13.0. The number of rotatable bonds is 3. The van der Waals surface area contributed by atoms with Crippen LogP contribution in [0.25, 0.3) is 11.1 Å². The fraction of sp³-hybridized carbons (Fsp3) is 0.188. The van der Waals surface area contributed by atoms with E-state index in [0.29, 0.717) is 17.2 Å². The van der Waals surface area contributed by atoms with Gasteiger partial charge in [0.25, 0.3) is 0 Å². The lowest BCUT2D eigenvalue weighted by Gasteiger charge is -2.11. The number of hydrogen-bond donors (Lipinski definition) is 1. The van der Waals surface area contributed by atoms with Gasteiger partial charge in [-0.15, -0.1) is 0 Å². The number of halogens is 4. The van der Waals surface area contributed by atoms with Crippen molar-refractivity contribution in [1.82, 2.24) is 0 Å². The predicted octanol–water partition coefficient (Wildman–Crippen LogP) is 4.70. The number of carboxylic acids is 1. The van der Waals surface area contributed by atoms with Gasteiger partial charge in [-0.3, -0.25) is 4.79 Å². The molecule has 0 radical (unpaired) electrons. The van der Waals surface area contributed by atoms with Crippen molar-refractivity contribution in [2.75, 3.05) is 0 Å². The first-order valence-corrected chi connectivity index (χ1v) is 6.40. The largest absolute Gasteiger partial charge is 0.481 e. The van der Waals surface area contributed by atoms with Crippen molar-refractivity contribution in [3.05, 3.63) is 59.4 Å². The molecule has 2 rings (SSSR count). The van der Waals surface area contributed by atoms with Gasteiger partial charge in [-0.25, -0.2) is 4.39 Å². The summed E-state index contributed by atoms with van der Waals surface area (Å²) in [5, 5.41) is 8.98. The van der Waals surface area contributed by atoms with Crippen LogP contribution in [0.4, 0.5) is 17.6 Å². The molecule has 0 heterocycles. The van der Waals surface area contributed by atoms with Crippen molar-refractivity contribution in [2.24, 2.45) is 0 Å². The van der Waals surface area contributed by atoms with E-state index >= 15 is 0 Å². The molecule has 1 N–H and O–H groups in total. The molecule has 0 aliphatic carbocycles. The van der Waals surface area contributed by atoms with E-state index in [0.717, 1.165) is 12.1 Å². The van der Waals surface area contributed by atoms with Gasteiger partial charge < -0.3 is 5.11 Å². The molecule has 0 saturated carbocycles. The van der Waals surface area contributed by atoms with Crippen LogP contribution in [0.3, 0.4) is 0 Å². The molecular weight excluding hydrogens is 300 g/mol. The number of benzene rings is 2. The molecule has 6 heteroatoms. The summed E-state index contributed by atoms with van der Waals surface area (Å²) in [6.07, 6.45) is -4.61. The van der Waals surface area contributed by atoms with Crippen molar-refractivity contribution in [2.45, 2.75) is 19.0 Å². The second-order valence-corrected chi connectivity index (χ2v) is 4.88. The van der Waals surface area contributed by atoms with Crippen LogP contribution in [0.2, 0.25) is 0 Å². The highest BCUT2D eigenvalue weighted by atomic mass is 19.4. The van der Waals surface area contributed by atoms with Gasteiger partial charge in [0, 0.05) is 5.56 Å². The molecule has 0 spiro atoms. The lowest BCUT2D eigenvalue weighted by molar-refractivity contribution is -0.139. The Labute approximate surface area is 124 Å². The Hall–Kier alpha value is -2.37. The number of hydrogen-bond acceptors (Lipinski definition) is 1. The van der Waals surface area contributed by atoms with Crippen LogP contribution in [-0.2, 0) is 11.0 Å². The quantitative estimate of drug-likeness (QED) is 0.834. The summed E-state index contributed by atoms with van der Waals surface area (Å²) >= 11 is 0. The monoisotopic (exact) mass is 312 g/mol. The molecule has 0 aliphatic rings. The molecule has 0 saturated heterocycles. The molecule has 0 fully saturated rings. The number of carbonyl (C=O) groups is 1. The van der Waals surface area contributed by atoms with Crippen LogP contribution >= 0.6 is 0 Å². The molecule has 2 aromatic rings. The summed E-state index contributed by atoms with van der Waals surface area (Å²) in [6.45, 7) is 1.48. The molecular formula is C16H12F4O2. The van der Waals surface area contributed by atoms with Crippen LogP contribution in [-0.4, -0.2) is 11.1 Å². The van der Waals surface area contributed by atoms with E-state index < -0.39 is 29.4 Å². The first kappa shape index (κ1) is 16.0. The van der Waals surface area contributed by atoms with Crippen LogP contribution in [0.15, 0.2) is 42.5 Å². The van der Waals surface area contributed by atoms with Gasteiger partial charge in [-0.2, -0.15) is 13.2 Å². The topological polar surface area (TPSA) is 37.3 Å². The Kier molecular flexibility index (Phi) is 4.21. The van der Waals surface area contributed by atoms with Crippen LogP contribution < -0.4 is 0 Å². The molecule has 116 valence electrons. The van der Waals surface area contributed by atoms with Gasteiger partial charge in [-0.1, -0.05) is 30.3 Å². The maximum atomic E-state index is 13.9. The van der Waals surface area contributed by atoms with Gasteiger partial charge in [0.2, 0.25) is 0 Å². The fourth-order valence-corrected chi connectivity index (χ4v) is 2.04. The van der Waals surface area contributed by atoms with E-state index in [-0.39, 0.29) is 5.56 Å². The van der Waals surface area contributed by atoms with Gasteiger partial charge in [0.1, 0.15) is 5.82 Å². The van der Waals surface area contributed by atoms with E-state index in [1.54, 1.807) is 12.1 Å². The van der Waals surface area contributed by atoms with Gasteiger partial charge >= 0.3 is 12.1 Å². The molecule has 0 amide bonds. The van der Waals surface area contributed by atoms with E-state index in [1.165, 1.54) is 19.1 Å². The summed E-state index contributed by atoms with van der Waals surface area (Å²) in [4.78, 5) is 11.0. The Morgan fingerprint density at radius 2 is 1.82 bits per heavy atom. The maximum Gasteiger partial charge on any atom is 0.416 e. The van der Waals surface area contributed by atoms with Crippen molar-refractivity contribution >= 4 is 5.97 Å². The fourth-order valence-electron chi connectivity index (χ4n) is 2.04. The summed E-state index contributed by atoms with van der Waals surface area (Å²) in [7, 11) is 0. The highest BCUT2D eigenvalue weighted by Gasteiger charge is 2.31. The highest BCUT2D eigenvalue weighted by Crippen LogP contribution is 2.33. The third kappa shape index (κ3) is 3.27. The number of aliphatic carboxylic acids is 1. The minimum absolute atomic E-state index is 0.00700. The van der Waals surface area contributed by atoms with Gasteiger partial charge in [-0.05, 0) is 30.2 Å². The molecule has 0 aliphatic heterocycles. The second kappa shape index (κ2) is 5.79. The van der Waals surface area contributed by atoms with Gasteiger partial charge in [0.15, 0.2) is 0 Å². The molecule has 2 nitrogen and oxygen atoms in total. The predicted molar refractivity (Wildman–Crippen MR) is 72.9 cm³/mol.